The molecule has 3 rings (SSSR count). The van der Waals surface area contributed by atoms with E-state index < -0.39 is 0 Å². The zero-order valence-electron chi connectivity index (χ0n) is 9.56. The lowest BCUT2D eigenvalue weighted by molar-refractivity contribution is 0.343. The first-order valence-electron chi connectivity index (χ1n) is 5.87. The molecule has 2 aromatic rings. The number of aliphatic hydroxyl groups is 1. The van der Waals surface area contributed by atoms with Gasteiger partial charge < -0.3 is 5.11 Å². The van der Waals surface area contributed by atoms with Crippen LogP contribution >= 0.6 is 0 Å². The molecular weight excluding hydrogens is 208 g/mol. The van der Waals surface area contributed by atoms with Crippen molar-refractivity contribution in [3.05, 3.63) is 65.2 Å². The Morgan fingerprint density at radius 1 is 1.00 bits per heavy atom. The van der Waals surface area contributed by atoms with Gasteiger partial charge >= 0.3 is 0 Å². The van der Waals surface area contributed by atoms with Crippen molar-refractivity contribution in [2.75, 3.05) is 6.61 Å². The predicted molar refractivity (Wildman–Crippen MR) is 70.8 cm³/mol. The number of hydrogen-bond acceptors (Lipinski definition) is 1. The average molecular weight is 222 g/mol. The van der Waals surface area contributed by atoms with Crippen LogP contribution in [0.2, 0.25) is 0 Å². The molecule has 0 fully saturated rings. The highest BCUT2D eigenvalue weighted by Crippen LogP contribution is 2.36. The molecule has 0 radical (unpaired) electrons. The van der Waals surface area contributed by atoms with Gasteiger partial charge in [0.15, 0.2) is 0 Å². The van der Waals surface area contributed by atoms with Crippen molar-refractivity contribution in [3.8, 4) is 11.1 Å². The van der Waals surface area contributed by atoms with Crippen molar-refractivity contribution < 1.29 is 5.11 Å². The number of aliphatic hydroxyl groups excluding tert-OH is 1. The lowest BCUT2D eigenvalue weighted by Crippen LogP contribution is -1.82. The van der Waals surface area contributed by atoms with Crippen molar-refractivity contribution in [1.82, 2.24) is 0 Å². The molecule has 0 spiro atoms. The van der Waals surface area contributed by atoms with Gasteiger partial charge in [-0.3, -0.25) is 0 Å². The lowest BCUT2D eigenvalue weighted by Gasteiger charge is -2.01. The van der Waals surface area contributed by atoms with Crippen molar-refractivity contribution >= 4 is 6.08 Å². The first kappa shape index (κ1) is 10.3. The van der Waals surface area contributed by atoms with E-state index in [0.717, 1.165) is 12.0 Å². The minimum absolute atomic E-state index is 0.0946. The zero-order chi connectivity index (χ0) is 11.7. The first-order chi connectivity index (χ1) is 8.38. The van der Waals surface area contributed by atoms with Crippen LogP contribution in [0, 0.1) is 0 Å². The maximum Gasteiger partial charge on any atom is 0.0615 e. The van der Waals surface area contributed by atoms with Crippen molar-refractivity contribution in [1.29, 1.82) is 0 Å². The molecular formula is C16H14O. The molecule has 0 atom stereocenters. The van der Waals surface area contributed by atoms with Gasteiger partial charge in [0.1, 0.15) is 0 Å². The van der Waals surface area contributed by atoms with Crippen molar-refractivity contribution in [3.63, 3.8) is 0 Å². The highest BCUT2D eigenvalue weighted by Gasteiger charge is 2.17. The van der Waals surface area contributed by atoms with Crippen LogP contribution in [0.1, 0.15) is 16.7 Å². The van der Waals surface area contributed by atoms with E-state index in [9.17, 15) is 0 Å². The molecule has 0 heterocycles. The van der Waals surface area contributed by atoms with Gasteiger partial charge in [0.05, 0.1) is 6.61 Å². The van der Waals surface area contributed by atoms with Gasteiger partial charge in [-0.2, -0.15) is 0 Å². The van der Waals surface area contributed by atoms with Crippen LogP contribution in [-0.4, -0.2) is 11.7 Å². The summed E-state index contributed by atoms with van der Waals surface area (Å²) in [6, 6.07) is 15.1. The number of benzene rings is 2. The smallest absolute Gasteiger partial charge is 0.0615 e. The molecule has 0 unspecified atom stereocenters. The first-order valence-corrected chi connectivity index (χ1v) is 5.87. The fraction of sp³-hybridized carbons (Fsp3) is 0.125. The Kier molecular flexibility index (Phi) is 2.54. The zero-order valence-corrected chi connectivity index (χ0v) is 9.56. The van der Waals surface area contributed by atoms with Crippen LogP contribution in [0.15, 0.2) is 48.5 Å². The number of hydrogen-bond donors (Lipinski definition) is 1. The third-order valence-corrected chi connectivity index (χ3v) is 3.23. The van der Waals surface area contributed by atoms with Crippen LogP contribution < -0.4 is 0 Å². The maximum absolute atomic E-state index is 8.78. The van der Waals surface area contributed by atoms with E-state index in [4.69, 9.17) is 5.11 Å². The summed E-state index contributed by atoms with van der Waals surface area (Å²) in [7, 11) is 0. The number of rotatable bonds is 2. The monoisotopic (exact) mass is 222 g/mol. The summed E-state index contributed by atoms with van der Waals surface area (Å²) < 4.78 is 0. The maximum atomic E-state index is 8.78. The van der Waals surface area contributed by atoms with E-state index in [1.54, 1.807) is 6.08 Å². The van der Waals surface area contributed by atoms with Crippen LogP contribution in [0.25, 0.3) is 17.2 Å². The molecule has 0 saturated carbocycles. The second kappa shape index (κ2) is 4.19. The van der Waals surface area contributed by atoms with Gasteiger partial charge in [-0.1, -0.05) is 54.6 Å². The summed E-state index contributed by atoms with van der Waals surface area (Å²) in [4.78, 5) is 0. The third-order valence-electron chi connectivity index (χ3n) is 3.23. The Hall–Kier alpha value is -1.86. The fourth-order valence-corrected chi connectivity index (χ4v) is 2.46. The Labute approximate surface area is 101 Å². The molecule has 1 aliphatic rings. The Bertz CT molecular complexity index is 582. The standard InChI is InChI=1S/C16H14O/c17-9-3-4-12-7-8-16-14(10-12)11-13-5-1-2-6-15(13)16/h1-8,10,17H,9,11H2. The van der Waals surface area contributed by atoms with Gasteiger partial charge in [0.2, 0.25) is 0 Å². The molecule has 1 aliphatic carbocycles. The van der Waals surface area contributed by atoms with Crippen LogP contribution in [0.5, 0.6) is 0 Å². The fourth-order valence-electron chi connectivity index (χ4n) is 2.46. The molecule has 84 valence electrons. The van der Waals surface area contributed by atoms with Gasteiger partial charge in [-0.25, -0.2) is 0 Å². The second-order valence-electron chi connectivity index (χ2n) is 4.34. The summed E-state index contributed by atoms with van der Waals surface area (Å²) in [6.45, 7) is 0.0946. The van der Waals surface area contributed by atoms with E-state index in [-0.39, 0.29) is 6.61 Å². The minimum Gasteiger partial charge on any atom is -0.392 e. The summed E-state index contributed by atoms with van der Waals surface area (Å²) in [5.74, 6) is 0. The molecule has 0 saturated heterocycles. The third kappa shape index (κ3) is 1.79. The van der Waals surface area contributed by atoms with E-state index >= 15 is 0 Å². The molecule has 1 heteroatoms. The van der Waals surface area contributed by atoms with Gasteiger partial charge in [-0.15, -0.1) is 0 Å². The molecule has 0 aliphatic heterocycles. The summed E-state index contributed by atoms with van der Waals surface area (Å²) in [5, 5.41) is 8.78. The summed E-state index contributed by atoms with van der Waals surface area (Å²) in [6.07, 6.45) is 4.75. The molecule has 0 aromatic heterocycles. The highest BCUT2D eigenvalue weighted by molar-refractivity contribution is 5.78. The second-order valence-corrected chi connectivity index (χ2v) is 4.34. The lowest BCUT2D eigenvalue weighted by atomic mass is 10.0. The largest absolute Gasteiger partial charge is 0.392 e. The summed E-state index contributed by atoms with van der Waals surface area (Å²) in [5.41, 5.74) is 6.66. The predicted octanol–water partition coefficient (Wildman–Crippen LogP) is 3.26. The van der Waals surface area contributed by atoms with Crippen molar-refractivity contribution in [2.24, 2.45) is 0 Å². The molecule has 2 aromatic carbocycles. The average Bonchev–Trinajstić information content (AvgIpc) is 2.74. The molecule has 0 bridgehead atoms. The van der Waals surface area contributed by atoms with Crippen molar-refractivity contribution in [2.45, 2.75) is 6.42 Å². The van der Waals surface area contributed by atoms with Gasteiger partial charge in [0.25, 0.3) is 0 Å². The van der Waals surface area contributed by atoms with E-state index in [1.165, 1.54) is 22.3 Å². The molecule has 1 nitrogen and oxygen atoms in total. The van der Waals surface area contributed by atoms with Crippen LogP contribution in [-0.2, 0) is 6.42 Å². The Morgan fingerprint density at radius 2 is 1.82 bits per heavy atom. The quantitative estimate of drug-likeness (QED) is 0.705. The topological polar surface area (TPSA) is 20.2 Å². The summed E-state index contributed by atoms with van der Waals surface area (Å²) >= 11 is 0. The Balaban J connectivity index is 2.04. The normalized spacial score (nSPS) is 12.8. The molecule has 17 heavy (non-hydrogen) atoms. The van der Waals surface area contributed by atoms with Crippen LogP contribution in [0.4, 0.5) is 0 Å². The SMILES string of the molecule is OCC=Cc1ccc2c(c1)Cc1ccccc1-2. The Morgan fingerprint density at radius 3 is 2.71 bits per heavy atom. The van der Waals surface area contributed by atoms with E-state index in [1.807, 2.05) is 6.08 Å². The number of fused-ring (bicyclic) bond motifs is 3. The van der Waals surface area contributed by atoms with Gasteiger partial charge in [0, 0.05) is 0 Å². The molecule has 1 N–H and O–H groups in total. The highest BCUT2D eigenvalue weighted by atomic mass is 16.2. The van der Waals surface area contributed by atoms with E-state index in [2.05, 4.69) is 42.5 Å². The van der Waals surface area contributed by atoms with E-state index in [0.29, 0.717) is 0 Å². The molecule has 0 amide bonds. The van der Waals surface area contributed by atoms with Gasteiger partial charge in [-0.05, 0) is 34.2 Å². The van der Waals surface area contributed by atoms with Crippen LogP contribution in [0.3, 0.4) is 0 Å². The minimum atomic E-state index is 0.0946.